The van der Waals surface area contributed by atoms with Crippen molar-refractivity contribution in [3.05, 3.63) is 39.9 Å². The summed E-state index contributed by atoms with van der Waals surface area (Å²) >= 11 is 1.57. The van der Waals surface area contributed by atoms with Crippen LogP contribution in [0.2, 0.25) is 0 Å². The van der Waals surface area contributed by atoms with Crippen LogP contribution in [0.5, 0.6) is 0 Å². The first-order valence-corrected chi connectivity index (χ1v) is 9.80. The Balaban J connectivity index is 1.58. The number of rotatable bonds is 5. The summed E-state index contributed by atoms with van der Waals surface area (Å²) in [6.45, 7) is 7.90. The highest BCUT2D eigenvalue weighted by atomic mass is 32.1. The molecule has 0 aliphatic carbocycles. The van der Waals surface area contributed by atoms with E-state index in [0.717, 1.165) is 24.6 Å². The van der Waals surface area contributed by atoms with E-state index in [4.69, 9.17) is 0 Å². The average Bonchev–Trinajstić information content (AvgIpc) is 3.10. The van der Waals surface area contributed by atoms with Gasteiger partial charge in [-0.3, -0.25) is 9.69 Å². The largest absolute Gasteiger partial charge is 0.390 e. The third-order valence-electron chi connectivity index (χ3n) is 4.61. The third-order valence-corrected chi connectivity index (χ3v) is 5.25. The van der Waals surface area contributed by atoms with E-state index in [1.54, 1.807) is 17.5 Å². The van der Waals surface area contributed by atoms with Crippen molar-refractivity contribution in [2.45, 2.75) is 51.8 Å². The fourth-order valence-corrected chi connectivity index (χ4v) is 3.64. The van der Waals surface area contributed by atoms with Crippen LogP contribution in [0.15, 0.2) is 17.1 Å². The fraction of sp³-hybridized carbons (Fsp3) is 0.556. The summed E-state index contributed by atoms with van der Waals surface area (Å²) in [5, 5.41) is 15.4. The third kappa shape index (κ3) is 4.44. The van der Waals surface area contributed by atoms with Crippen molar-refractivity contribution in [1.29, 1.82) is 0 Å². The summed E-state index contributed by atoms with van der Waals surface area (Å²) in [5.41, 5.74) is 3.96. The van der Waals surface area contributed by atoms with E-state index in [1.165, 1.54) is 0 Å². The van der Waals surface area contributed by atoms with Gasteiger partial charge in [0.05, 0.1) is 34.6 Å². The summed E-state index contributed by atoms with van der Waals surface area (Å²) in [5.74, 6) is 0.721. The number of hydrogen-bond donors (Lipinski definition) is 2. The van der Waals surface area contributed by atoms with E-state index in [9.17, 15) is 9.90 Å². The molecule has 7 nitrogen and oxygen atoms in total. The van der Waals surface area contributed by atoms with Crippen LogP contribution in [0, 0.1) is 6.92 Å². The number of nitrogens with one attached hydrogen (secondary N) is 1. The number of aliphatic hydroxyl groups excluding tert-OH is 1. The standard InChI is InChI=1S/C18H25N5O2S/c1-11(2)17-19-6-14(12(3)21-17)18(25)22-15-4-5-23(8-16(15)24)7-13-9-26-10-20-13/h6,9-11,15-16,24H,4-5,7-8H2,1-3H3,(H,22,25)/t15-,16-/m1/s1. The van der Waals surface area contributed by atoms with Crippen LogP contribution < -0.4 is 5.32 Å². The molecule has 2 aromatic heterocycles. The van der Waals surface area contributed by atoms with E-state index in [2.05, 4.69) is 25.2 Å². The molecule has 2 N–H and O–H groups in total. The molecule has 0 radical (unpaired) electrons. The lowest BCUT2D eigenvalue weighted by Gasteiger charge is -2.36. The number of aromatic nitrogens is 3. The maximum atomic E-state index is 12.6. The second kappa shape index (κ2) is 8.20. The molecule has 1 saturated heterocycles. The van der Waals surface area contributed by atoms with Gasteiger partial charge in [-0.15, -0.1) is 11.3 Å². The predicted octanol–water partition coefficient (Wildman–Crippen LogP) is 1.73. The zero-order valence-corrected chi connectivity index (χ0v) is 16.2. The monoisotopic (exact) mass is 375 g/mol. The first kappa shape index (κ1) is 18.9. The highest BCUT2D eigenvalue weighted by Gasteiger charge is 2.29. The van der Waals surface area contributed by atoms with Gasteiger partial charge in [0.1, 0.15) is 5.82 Å². The van der Waals surface area contributed by atoms with Crippen LogP contribution >= 0.6 is 11.3 Å². The summed E-state index contributed by atoms with van der Waals surface area (Å²) in [7, 11) is 0. The number of likely N-dealkylation sites (tertiary alicyclic amines) is 1. The zero-order chi connectivity index (χ0) is 18.7. The molecule has 8 heteroatoms. The number of carbonyl (C=O) groups excluding carboxylic acids is 1. The Labute approximate surface area is 157 Å². The van der Waals surface area contributed by atoms with E-state index < -0.39 is 6.10 Å². The number of aliphatic hydroxyl groups is 1. The minimum absolute atomic E-state index is 0.217. The second-order valence-electron chi connectivity index (χ2n) is 7.03. The number of β-amino-alcohol motifs (C(OH)–C–C–N with tert-alkyl or cyclic N) is 1. The summed E-state index contributed by atoms with van der Waals surface area (Å²) in [6, 6.07) is -0.265. The van der Waals surface area contributed by atoms with Crippen LogP contribution in [0.3, 0.4) is 0 Å². The Morgan fingerprint density at radius 2 is 2.27 bits per heavy atom. The molecule has 0 unspecified atom stereocenters. The van der Waals surface area contributed by atoms with Crippen molar-refractivity contribution in [1.82, 2.24) is 25.2 Å². The van der Waals surface area contributed by atoms with Crippen LogP contribution in [0.4, 0.5) is 0 Å². The molecule has 1 aliphatic heterocycles. The van der Waals surface area contributed by atoms with E-state index >= 15 is 0 Å². The van der Waals surface area contributed by atoms with Gasteiger partial charge >= 0.3 is 0 Å². The average molecular weight is 375 g/mol. The first-order valence-electron chi connectivity index (χ1n) is 8.86. The van der Waals surface area contributed by atoms with Gasteiger partial charge in [-0.1, -0.05) is 13.8 Å². The summed E-state index contributed by atoms with van der Waals surface area (Å²) in [4.78, 5) is 27.7. The van der Waals surface area contributed by atoms with Gasteiger partial charge in [-0.05, 0) is 13.3 Å². The molecule has 0 aromatic carbocycles. The van der Waals surface area contributed by atoms with Crippen molar-refractivity contribution in [2.24, 2.45) is 0 Å². The quantitative estimate of drug-likeness (QED) is 0.827. The molecule has 0 spiro atoms. The minimum atomic E-state index is -0.609. The van der Waals surface area contributed by atoms with Crippen LogP contribution in [-0.4, -0.2) is 56.1 Å². The molecule has 26 heavy (non-hydrogen) atoms. The van der Waals surface area contributed by atoms with Gasteiger partial charge in [-0.2, -0.15) is 0 Å². The number of nitrogens with zero attached hydrogens (tertiary/aromatic N) is 4. The molecule has 140 valence electrons. The van der Waals surface area contributed by atoms with Gasteiger partial charge in [0, 0.05) is 37.1 Å². The highest BCUT2D eigenvalue weighted by Crippen LogP contribution is 2.16. The Morgan fingerprint density at radius 1 is 1.46 bits per heavy atom. The van der Waals surface area contributed by atoms with E-state index in [0.29, 0.717) is 24.2 Å². The predicted molar refractivity (Wildman–Crippen MR) is 100 cm³/mol. The van der Waals surface area contributed by atoms with Crippen LogP contribution in [0.25, 0.3) is 0 Å². The summed E-state index contributed by atoms with van der Waals surface area (Å²) in [6.07, 6.45) is 1.67. The van der Waals surface area contributed by atoms with Crippen molar-refractivity contribution >= 4 is 17.2 Å². The van der Waals surface area contributed by atoms with Crippen molar-refractivity contribution < 1.29 is 9.90 Å². The Kier molecular flexibility index (Phi) is 5.95. The molecule has 3 heterocycles. The molecule has 2 aromatic rings. The zero-order valence-electron chi connectivity index (χ0n) is 15.3. The van der Waals surface area contributed by atoms with E-state index in [1.807, 2.05) is 31.7 Å². The number of amides is 1. The molecule has 3 rings (SSSR count). The summed E-state index contributed by atoms with van der Waals surface area (Å²) < 4.78 is 0. The van der Waals surface area contributed by atoms with Crippen molar-refractivity contribution in [2.75, 3.05) is 13.1 Å². The lowest BCUT2D eigenvalue weighted by Crippen LogP contribution is -2.53. The van der Waals surface area contributed by atoms with Crippen LogP contribution in [-0.2, 0) is 6.54 Å². The lowest BCUT2D eigenvalue weighted by molar-refractivity contribution is 0.0345. The normalized spacial score (nSPS) is 21.1. The van der Waals surface area contributed by atoms with Crippen molar-refractivity contribution in [3.63, 3.8) is 0 Å². The number of aryl methyl sites for hydroxylation is 1. The van der Waals surface area contributed by atoms with Gasteiger partial charge in [0.2, 0.25) is 0 Å². The SMILES string of the molecule is Cc1nc(C(C)C)ncc1C(=O)N[C@@H]1CCN(Cc2cscn2)C[C@H]1O. The molecule has 1 fully saturated rings. The van der Waals surface area contributed by atoms with Crippen molar-refractivity contribution in [3.8, 4) is 0 Å². The minimum Gasteiger partial charge on any atom is -0.390 e. The Hall–Kier alpha value is -1.90. The topological polar surface area (TPSA) is 91.2 Å². The number of hydrogen-bond acceptors (Lipinski definition) is 7. The molecule has 2 atom stereocenters. The smallest absolute Gasteiger partial charge is 0.255 e. The Morgan fingerprint density at radius 3 is 2.88 bits per heavy atom. The van der Waals surface area contributed by atoms with Gasteiger partial charge < -0.3 is 10.4 Å². The lowest BCUT2D eigenvalue weighted by atomic mass is 10.0. The molecular weight excluding hydrogens is 350 g/mol. The number of thiazole rings is 1. The number of carbonyl (C=O) groups is 1. The Bertz CT molecular complexity index is 750. The number of piperidine rings is 1. The molecule has 1 amide bonds. The van der Waals surface area contributed by atoms with E-state index in [-0.39, 0.29) is 17.9 Å². The first-order chi connectivity index (χ1) is 12.4. The molecular formula is C18H25N5O2S. The second-order valence-corrected chi connectivity index (χ2v) is 7.75. The van der Waals surface area contributed by atoms with Gasteiger partial charge in [0.25, 0.3) is 5.91 Å². The fourth-order valence-electron chi connectivity index (χ4n) is 3.09. The molecule has 1 aliphatic rings. The molecule has 0 bridgehead atoms. The van der Waals surface area contributed by atoms with Gasteiger partial charge in [0.15, 0.2) is 0 Å². The maximum absolute atomic E-state index is 12.6. The highest BCUT2D eigenvalue weighted by molar-refractivity contribution is 7.07. The van der Waals surface area contributed by atoms with Gasteiger partial charge in [-0.25, -0.2) is 15.0 Å². The maximum Gasteiger partial charge on any atom is 0.255 e. The molecule has 0 saturated carbocycles. The van der Waals surface area contributed by atoms with Crippen LogP contribution in [0.1, 0.15) is 53.8 Å².